The van der Waals surface area contributed by atoms with Crippen LogP contribution in [0.1, 0.15) is 16.8 Å². The van der Waals surface area contributed by atoms with Crippen molar-refractivity contribution in [3.63, 3.8) is 0 Å². The second kappa shape index (κ2) is 11.7. The Kier molecular flexibility index (Phi) is 8.41. The number of aromatic nitrogens is 1. The molecular formula is C26H25ClN2O4S2. The van der Waals surface area contributed by atoms with Crippen LogP contribution in [0.4, 0.5) is 0 Å². The molecule has 0 saturated heterocycles. The number of sulfonamides is 1. The summed E-state index contributed by atoms with van der Waals surface area (Å²) in [5.41, 5.74) is 2.64. The summed E-state index contributed by atoms with van der Waals surface area (Å²) < 4.78 is 40.5. The lowest BCUT2D eigenvalue weighted by Gasteiger charge is -2.22. The zero-order valence-corrected chi connectivity index (χ0v) is 21.5. The number of hydrogen-bond donors (Lipinski definition) is 0. The van der Waals surface area contributed by atoms with Gasteiger partial charge in [-0.15, -0.1) is 11.3 Å². The maximum Gasteiger partial charge on any atom is 0.252 e. The predicted molar refractivity (Wildman–Crippen MR) is 139 cm³/mol. The van der Waals surface area contributed by atoms with Gasteiger partial charge in [-0.1, -0.05) is 54.1 Å². The zero-order valence-electron chi connectivity index (χ0n) is 19.1. The molecular weight excluding hydrogens is 504 g/mol. The van der Waals surface area contributed by atoms with Gasteiger partial charge < -0.3 is 9.47 Å². The van der Waals surface area contributed by atoms with E-state index in [-0.39, 0.29) is 17.3 Å². The zero-order chi connectivity index (χ0) is 24.7. The lowest BCUT2D eigenvalue weighted by atomic mass is 10.2. The minimum atomic E-state index is -3.76. The van der Waals surface area contributed by atoms with E-state index in [1.165, 1.54) is 10.4 Å². The molecule has 0 saturated carbocycles. The van der Waals surface area contributed by atoms with Crippen LogP contribution in [0.3, 0.4) is 0 Å². The number of thiophene rings is 1. The number of pyridine rings is 1. The van der Waals surface area contributed by atoms with Crippen molar-refractivity contribution in [3.8, 4) is 11.5 Å². The number of hydrogen-bond acceptors (Lipinski definition) is 6. The summed E-state index contributed by atoms with van der Waals surface area (Å²) in [6.07, 6.45) is 2.18. The molecule has 0 radical (unpaired) electrons. The number of rotatable bonds is 11. The van der Waals surface area contributed by atoms with Crippen LogP contribution in [0.25, 0.3) is 0 Å². The van der Waals surface area contributed by atoms with Crippen molar-refractivity contribution in [2.24, 2.45) is 0 Å². The molecule has 0 spiro atoms. The molecule has 0 aliphatic carbocycles. The standard InChI is InChI=1S/C26H25ClN2O4S2/c1-32-24-17-21(10-11-23(24)33-19-20-7-3-2-4-8-20)18-29(16-14-22-9-5-6-15-28-22)35(30,31)26-13-12-25(27)34-26/h2-13,15,17H,14,16,18-19H2,1H3. The summed E-state index contributed by atoms with van der Waals surface area (Å²) in [5.74, 6) is 1.13. The highest BCUT2D eigenvalue weighted by Gasteiger charge is 2.27. The summed E-state index contributed by atoms with van der Waals surface area (Å²) >= 11 is 7.08. The predicted octanol–water partition coefficient (Wildman–Crippen LogP) is 5.82. The van der Waals surface area contributed by atoms with Crippen LogP contribution in [-0.4, -0.2) is 31.4 Å². The van der Waals surface area contributed by atoms with Gasteiger partial charge >= 0.3 is 0 Å². The Hall–Kier alpha value is -2.91. The van der Waals surface area contributed by atoms with E-state index in [1.807, 2.05) is 66.7 Å². The first-order chi connectivity index (χ1) is 17.0. The van der Waals surface area contributed by atoms with Crippen molar-refractivity contribution in [1.29, 1.82) is 0 Å². The maximum absolute atomic E-state index is 13.5. The largest absolute Gasteiger partial charge is 0.493 e. The monoisotopic (exact) mass is 528 g/mol. The Labute approximate surface area is 214 Å². The first-order valence-corrected chi connectivity index (χ1v) is 13.6. The van der Waals surface area contributed by atoms with Crippen LogP contribution in [0.2, 0.25) is 4.34 Å². The molecule has 0 atom stereocenters. The Morgan fingerprint density at radius 1 is 0.943 bits per heavy atom. The van der Waals surface area contributed by atoms with E-state index >= 15 is 0 Å². The molecule has 0 unspecified atom stereocenters. The van der Waals surface area contributed by atoms with Crippen LogP contribution < -0.4 is 9.47 Å². The molecule has 6 nitrogen and oxygen atoms in total. The molecule has 0 amide bonds. The van der Waals surface area contributed by atoms with E-state index in [9.17, 15) is 8.42 Å². The average Bonchev–Trinajstić information content (AvgIpc) is 3.34. The molecule has 2 aromatic heterocycles. The van der Waals surface area contributed by atoms with Gasteiger partial charge in [0.2, 0.25) is 0 Å². The lowest BCUT2D eigenvalue weighted by Crippen LogP contribution is -2.32. The fourth-order valence-electron chi connectivity index (χ4n) is 3.50. The summed E-state index contributed by atoms with van der Waals surface area (Å²) in [6.45, 7) is 0.837. The fraction of sp³-hybridized carbons (Fsp3) is 0.192. The van der Waals surface area contributed by atoms with Gasteiger partial charge in [0.15, 0.2) is 11.5 Å². The van der Waals surface area contributed by atoms with Crippen molar-refractivity contribution in [2.75, 3.05) is 13.7 Å². The van der Waals surface area contributed by atoms with E-state index in [1.54, 1.807) is 19.4 Å². The van der Waals surface area contributed by atoms with Crippen LogP contribution in [0.15, 0.2) is 89.3 Å². The third kappa shape index (κ3) is 6.61. The number of halogens is 1. The van der Waals surface area contributed by atoms with Crippen molar-refractivity contribution >= 4 is 33.0 Å². The SMILES string of the molecule is COc1cc(CN(CCc2ccccn2)S(=O)(=O)c2ccc(Cl)s2)ccc1OCc1ccccc1. The molecule has 0 N–H and O–H groups in total. The van der Waals surface area contributed by atoms with E-state index in [0.29, 0.717) is 28.9 Å². The Balaban J connectivity index is 1.55. The van der Waals surface area contributed by atoms with Crippen molar-refractivity contribution in [2.45, 2.75) is 23.8 Å². The number of methoxy groups -OCH3 is 1. The molecule has 4 rings (SSSR count). The quantitative estimate of drug-likeness (QED) is 0.245. The number of ether oxygens (including phenoxy) is 2. The van der Waals surface area contributed by atoms with Gasteiger partial charge in [-0.25, -0.2) is 8.42 Å². The smallest absolute Gasteiger partial charge is 0.252 e. The molecule has 4 aromatic rings. The Bertz CT molecular complexity index is 1350. The van der Waals surface area contributed by atoms with Gasteiger partial charge in [0.1, 0.15) is 10.8 Å². The molecule has 182 valence electrons. The lowest BCUT2D eigenvalue weighted by molar-refractivity contribution is 0.284. The third-order valence-corrected chi connectivity index (χ3v) is 8.85. The van der Waals surface area contributed by atoms with E-state index in [2.05, 4.69) is 4.98 Å². The van der Waals surface area contributed by atoms with Gasteiger partial charge in [-0.2, -0.15) is 4.31 Å². The van der Waals surface area contributed by atoms with E-state index < -0.39 is 10.0 Å². The minimum Gasteiger partial charge on any atom is -0.493 e. The summed E-state index contributed by atoms with van der Waals surface area (Å²) in [6, 6.07) is 24.1. The van der Waals surface area contributed by atoms with Gasteiger partial charge in [-0.05, 0) is 47.5 Å². The van der Waals surface area contributed by atoms with Crippen LogP contribution in [-0.2, 0) is 29.6 Å². The fourth-order valence-corrected chi connectivity index (χ4v) is 6.57. The first-order valence-electron chi connectivity index (χ1n) is 10.9. The highest BCUT2D eigenvalue weighted by molar-refractivity contribution is 7.91. The van der Waals surface area contributed by atoms with E-state index in [4.69, 9.17) is 21.1 Å². The Morgan fingerprint density at radius 3 is 2.43 bits per heavy atom. The maximum atomic E-state index is 13.5. The molecule has 35 heavy (non-hydrogen) atoms. The van der Waals surface area contributed by atoms with Gasteiger partial charge in [-0.3, -0.25) is 4.98 Å². The van der Waals surface area contributed by atoms with Crippen molar-refractivity contribution < 1.29 is 17.9 Å². The van der Waals surface area contributed by atoms with Crippen LogP contribution in [0.5, 0.6) is 11.5 Å². The van der Waals surface area contributed by atoms with Crippen LogP contribution in [0, 0.1) is 0 Å². The topological polar surface area (TPSA) is 68.7 Å². The third-order valence-electron chi connectivity index (χ3n) is 5.31. The molecule has 0 bridgehead atoms. The highest BCUT2D eigenvalue weighted by Crippen LogP contribution is 2.32. The second-order valence-corrected chi connectivity index (χ2v) is 11.6. The first kappa shape index (κ1) is 25.2. The summed E-state index contributed by atoms with van der Waals surface area (Å²) in [7, 11) is -2.19. The van der Waals surface area contributed by atoms with Gasteiger partial charge in [0.05, 0.1) is 11.4 Å². The second-order valence-electron chi connectivity index (χ2n) is 7.73. The minimum absolute atomic E-state index is 0.167. The molecule has 2 heterocycles. The molecule has 9 heteroatoms. The molecule has 2 aromatic carbocycles. The van der Waals surface area contributed by atoms with Crippen molar-refractivity contribution in [1.82, 2.24) is 9.29 Å². The summed E-state index contributed by atoms with van der Waals surface area (Å²) in [4.78, 5) is 4.32. The molecule has 0 aliphatic heterocycles. The highest BCUT2D eigenvalue weighted by atomic mass is 35.5. The molecule has 0 aliphatic rings. The Morgan fingerprint density at radius 2 is 1.74 bits per heavy atom. The van der Waals surface area contributed by atoms with Gasteiger partial charge in [0.25, 0.3) is 10.0 Å². The average molecular weight is 529 g/mol. The van der Waals surface area contributed by atoms with Crippen molar-refractivity contribution in [3.05, 3.63) is 106 Å². The summed E-state index contributed by atoms with van der Waals surface area (Å²) in [5, 5.41) is 0. The number of benzene rings is 2. The van der Waals surface area contributed by atoms with E-state index in [0.717, 1.165) is 28.2 Å². The number of nitrogens with zero attached hydrogens (tertiary/aromatic N) is 2. The van der Waals surface area contributed by atoms with Crippen LogP contribution >= 0.6 is 22.9 Å². The van der Waals surface area contributed by atoms with Gasteiger partial charge in [0, 0.05) is 31.4 Å². The normalized spacial score (nSPS) is 11.5. The molecule has 0 fully saturated rings.